The monoisotopic (exact) mass is 177 g/mol. The number of hydrogen-bond acceptors (Lipinski definition) is 3. The summed E-state index contributed by atoms with van der Waals surface area (Å²) in [4.78, 5) is 0. The largest absolute Gasteiger partial charge is 0.504 e. The van der Waals surface area contributed by atoms with E-state index >= 15 is 0 Å². The zero-order valence-corrected chi connectivity index (χ0v) is 7.40. The summed E-state index contributed by atoms with van der Waals surface area (Å²) >= 11 is 0. The van der Waals surface area contributed by atoms with Crippen molar-refractivity contribution in [1.29, 1.82) is 5.26 Å². The molecule has 0 aliphatic rings. The van der Waals surface area contributed by atoms with Crippen LogP contribution in [-0.2, 0) is 0 Å². The molecule has 1 atom stereocenters. The number of aromatic hydroxyl groups is 1. The summed E-state index contributed by atoms with van der Waals surface area (Å²) in [7, 11) is 0. The lowest BCUT2D eigenvalue weighted by molar-refractivity contribution is 0.241. The van der Waals surface area contributed by atoms with Gasteiger partial charge in [-0.2, -0.15) is 5.26 Å². The second-order valence-corrected chi connectivity index (χ2v) is 2.61. The van der Waals surface area contributed by atoms with Crippen molar-refractivity contribution in [2.45, 2.75) is 19.4 Å². The van der Waals surface area contributed by atoms with E-state index in [-0.39, 0.29) is 5.75 Å². The number of hydrogen-bond donors (Lipinski definition) is 1. The quantitative estimate of drug-likeness (QED) is 0.768. The van der Waals surface area contributed by atoms with Crippen LogP contribution in [0.25, 0.3) is 0 Å². The number of rotatable bonds is 3. The van der Waals surface area contributed by atoms with Gasteiger partial charge in [0.1, 0.15) is 6.07 Å². The fraction of sp³-hybridized carbons (Fsp3) is 0.300. The lowest BCUT2D eigenvalue weighted by Gasteiger charge is -2.10. The predicted molar refractivity (Wildman–Crippen MR) is 48.4 cm³/mol. The molecule has 0 amide bonds. The topological polar surface area (TPSA) is 53.2 Å². The van der Waals surface area contributed by atoms with Crippen LogP contribution in [0, 0.1) is 11.3 Å². The van der Waals surface area contributed by atoms with Gasteiger partial charge in [0.15, 0.2) is 17.6 Å². The average molecular weight is 177 g/mol. The van der Waals surface area contributed by atoms with Crippen molar-refractivity contribution in [3.8, 4) is 17.6 Å². The second kappa shape index (κ2) is 4.36. The zero-order valence-electron chi connectivity index (χ0n) is 7.40. The molecule has 0 radical (unpaired) electrons. The highest BCUT2D eigenvalue weighted by Gasteiger charge is 2.08. The third-order valence-electron chi connectivity index (χ3n) is 1.65. The lowest BCUT2D eigenvalue weighted by Crippen LogP contribution is -2.12. The Bertz CT molecular complexity index is 317. The van der Waals surface area contributed by atoms with Gasteiger partial charge in [0.05, 0.1) is 0 Å². The van der Waals surface area contributed by atoms with Gasteiger partial charge in [-0.05, 0) is 18.6 Å². The molecule has 1 N–H and O–H groups in total. The number of benzene rings is 1. The number of phenolic OH excluding ortho intramolecular Hbond substituents is 1. The lowest BCUT2D eigenvalue weighted by atomic mass is 10.3. The maximum atomic E-state index is 9.32. The van der Waals surface area contributed by atoms with Crippen molar-refractivity contribution < 1.29 is 9.84 Å². The zero-order chi connectivity index (χ0) is 9.68. The number of phenols is 1. The number of ether oxygens (including phenoxy) is 1. The molecule has 0 aliphatic carbocycles. The van der Waals surface area contributed by atoms with Crippen LogP contribution in [0.3, 0.4) is 0 Å². The highest BCUT2D eigenvalue weighted by atomic mass is 16.5. The molecule has 0 aliphatic heterocycles. The van der Waals surface area contributed by atoms with E-state index in [9.17, 15) is 5.11 Å². The maximum absolute atomic E-state index is 9.32. The van der Waals surface area contributed by atoms with Gasteiger partial charge in [0.25, 0.3) is 0 Å². The molecule has 1 aromatic rings. The molecule has 0 heterocycles. The first-order valence-corrected chi connectivity index (χ1v) is 4.12. The van der Waals surface area contributed by atoms with Crippen LogP contribution in [0.5, 0.6) is 11.5 Å². The van der Waals surface area contributed by atoms with Gasteiger partial charge in [0.2, 0.25) is 0 Å². The van der Waals surface area contributed by atoms with Crippen molar-refractivity contribution >= 4 is 0 Å². The molecule has 1 rings (SSSR count). The SMILES string of the molecule is CCC(C#N)Oc1ccccc1O. The van der Waals surface area contributed by atoms with Crippen LogP contribution in [0.1, 0.15) is 13.3 Å². The molecule has 0 bridgehead atoms. The van der Waals surface area contributed by atoms with Crippen LogP contribution in [0.2, 0.25) is 0 Å². The Kier molecular flexibility index (Phi) is 3.15. The third-order valence-corrected chi connectivity index (χ3v) is 1.65. The van der Waals surface area contributed by atoms with Gasteiger partial charge >= 0.3 is 0 Å². The standard InChI is InChI=1S/C10H11NO2/c1-2-8(7-11)13-10-6-4-3-5-9(10)12/h3-6,8,12H,2H2,1H3. The van der Waals surface area contributed by atoms with E-state index in [0.717, 1.165) is 0 Å². The molecule has 1 aromatic carbocycles. The summed E-state index contributed by atoms with van der Waals surface area (Å²) in [6.45, 7) is 1.86. The highest BCUT2D eigenvalue weighted by molar-refractivity contribution is 5.38. The molecule has 13 heavy (non-hydrogen) atoms. The summed E-state index contributed by atoms with van der Waals surface area (Å²) in [5.41, 5.74) is 0. The normalized spacial score (nSPS) is 11.7. The Labute approximate surface area is 77.2 Å². The van der Waals surface area contributed by atoms with Crippen LogP contribution in [0.15, 0.2) is 24.3 Å². The predicted octanol–water partition coefficient (Wildman–Crippen LogP) is 2.07. The molecular weight excluding hydrogens is 166 g/mol. The molecule has 3 nitrogen and oxygen atoms in total. The van der Waals surface area contributed by atoms with E-state index < -0.39 is 6.10 Å². The Morgan fingerprint density at radius 1 is 1.54 bits per heavy atom. The molecule has 3 heteroatoms. The molecule has 0 fully saturated rings. The third kappa shape index (κ3) is 2.38. The molecule has 68 valence electrons. The van der Waals surface area contributed by atoms with Gasteiger partial charge in [-0.15, -0.1) is 0 Å². The first-order valence-electron chi connectivity index (χ1n) is 4.12. The fourth-order valence-corrected chi connectivity index (χ4v) is 0.911. The van der Waals surface area contributed by atoms with Crippen molar-refractivity contribution in [1.82, 2.24) is 0 Å². The summed E-state index contributed by atoms with van der Waals surface area (Å²) in [6.07, 6.45) is 0.110. The Balaban J connectivity index is 2.74. The van der Waals surface area contributed by atoms with Crippen molar-refractivity contribution in [2.24, 2.45) is 0 Å². The Morgan fingerprint density at radius 2 is 2.23 bits per heavy atom. The Hall–Kier alpha value is -1.69. The summed E-state index contributed by atoms with van der Waals surface area (Å²) in [5, 5.41) is 17.9. The van der Waals surface area contributed by atoms with E-state index in [0.29, 0.717) is 12.2 Å². The minimum Gasteiger partial charge on any atom is -0.504 e. The number of nitrogens with zero attached hydrogens (tertiary/aromatic N) is 1. The minimum atomic E-state index is -0.492. The van der Waals surface area contributed by atoms with Crippen LogP contribution in [-0.4, -0.2) is 11.2 Å². The number of para-hydroxylation sites is 2. The highest BCUT2D eigenvalue weighted by Crippen LogP contribution is 2.25. The molecule has 0 spiro atoms. The summed E-state index contributed by atoms with van der Waals surface area (Å²) in [5.74, 6) is 0.423. The first kappa shape index (κ1) is 9.40. The van der Waals surface area contributed by atoms with E-state index in [2.05, 4.69) is 0 Å². The van der Waals surface area contributed by atoms with Gasteiger partial charge in [0, 0.05) is 0 Å². The molecule has 1 unspecified atom stereocenters. The summed E-state index contributed by atoms with van der Waals surface area (Å²) < 4.78 is 5.23. The first-order chi connectivity index (χ1) is 6.27. The summed E-state index contributed by atoms with van der Waals surface area (Å²) in [6, 6.07) is 8.61. The van der Waals surface area contributed by atoms with Gasteiger partial charge in [-0.1, -0.05) is 19.1 Å². The molecule has 0 aromatic heterocycles. The van der Waals surface area contributed by atoms with Crippen LogP contribution >= 0.6 is 0 Å². The molecular formula is C10H11NO2. The Morgan fingerprint density at radius 3 is 2.77 bits per heavy atom. The van der Waals surface area contributed by atoms with E-state index in [4.69, 9.17) is 10.00 Å². The van der Waals surface area contributed by atoms with Crippen molar-refractivity contribution in [3.63, 3.8) is 0 Å². The smallest absolute Gasteiger partial charge is 0.184 e. The number of nitriles is 1. The van der Waals surface area contributed by atoms with Crippen LogP contribution in [0.4, 0.5) is 0 Å². The van der Waals surface area contributed by atoms with Gasteiger partial charge < -0.3 is 9.84 Å². The van der Waals surface area contributed by atoms with Gasteiger partial charge in [-0.25, -0.2) is 0 Å². The fourth-order valence-electron chi connectivity index (χ4n) is 0.911. The molecule has 0 saturated carbocycles. The van der Waals surface area contributed by atoms with E-state index in [1.54, 1.807) is 18.2 Å². The second-order valence-electron chi connectivity index (χ2n) is 2.61. The molecule has 0 saturated heterocycles. The van der Waals surface area contributed by atoms with E-state index in [1.165, 1.54) is 6.07 Å². The van der Waals surface area contributed by atoms with E-state index in [1.807, 2.05) is 13.0 Å². The van der Waals surface area contributed by atoms with Gasteiger partial charge in [-0.3, -0.25) is 0 Å². The van der Waals surface area contributed by atoms with Crippen molar-refractivity contribution in [2.75, 3.05) is 0 Å². The minimum absolute atomic E-state index is 0.0659. The average Bonchev–Trinajstić information content (AvgIpc) is 2.17. The van der Waals surface area contributed by atoms with Crippen LogP contribution < -0.4 is 4.74 Å². The maximum Gasteiger partial charge on any atom is 0.184 e. The van der Waals surface area contributed by atoms with Crippen molar-refractivity contribution in [3.05, 3.63) is 24.3 Å².